The highest BCUT2D eigenvalue weighted by molar-refractivity contribution is 6.60. The highest BCUT2D eigenvalue weighted by Crippen LogP contribution is 2.22. The van der Waals surface area contributed by atoms with Crippen LogP contribution >= 0.6 is 12.4 Å². The van der Waals surface area contributed by atoms with E-state index in [0.29, 0.717) is 6.04 Å². The van der Waals surface area contributed by atoms with E-state index in [4.69, 9.17) is 19.0 Å². The molecule has 0 saturated heterocycles. The third-order valence-corrected chi connectivity index (χ3v) is 8.77. The number of unbranched alkanes of at least 4 members (excludes halogenated alkanes) is 10. The van der Waals surface area contributed by atoms with E-state index >= 15 is 0 Å². The van der Waals surface area contributed by atoms with Gasteiger partial charge in [-0.2, -0.15) is 0 Å². The molecule has 0 aromatic carbocycles. The lowest BCUT2D eigenvalue weighted by atomic mass is 9.95. The Balaban J connectivity index is 0. The Morgan fingerprint density at radius 2 is 1.23 bits per heavy atom. The summed E-state index contributed by atoms with van der Waals surface area (Å²) in [4.78, 5) is 11.8. The minimum Gasteiger partial charge on any atom is -0.377 e. The first-order valence-corrected chi connectivity index (χ1v) is 14.1. The third-order valence-electron chi connectivity index (χ3n) is 5.94. The van der Waals surface area contributed by atoms with E-state index in [0.717, 1.165) is 25.7 Å². The molecule has 31 heavy (non-hydrogen) atoms. The maximum atomic E-state index is 11.8. The summed E-state index contributed by atoms with van der Waals surface area (Å²) in [5, 5.41) is 0. The SMILES string of the molecule is CCCCCCCC/C=C\CCCCCCC(CCC[Si](OC)(OC)OC)C(N)=O.Cl. The van der Waals surface area contributed by atoms with Crippen LogP contribution in [0.1, 0.15) is 103 Å². The molecule has 0 fully saturated rings. The first-order chi connectivity index (χ1) is 14.5. The summed E-state index contributed by atoms with van der Waals surface area (Å²) in [5.41, 5.74) is 5.61. The summed E-state index contributed by atoms with van der Waals surface area (Å²) in [7, 11) is 2.31. The minimum atomic E-state index is -2.55. The summed E-state index contributed by atoms with van der Waals surface area (Å²) in [6.07, 6.45) is 22.5. The third kappa shape index (κ3) is 17.8. The average Bonchev–Trinajstić information content (AvgIpc) is 2.75. The lowest BCUT2D eigenvalue weighted by Gasteiger charge is -2.24. The van der Waals surface area contributed by atoms with E-state index in [1.807, 2.05) is 0 Å². The fourth-order valence-corrected chi connectivity index (χ4v) is 5.58. The largest absolute Gasteiger partial charge is 0.500 e. The van der Waals surface area contributed by atoms with Gasteiger partial charge in [0.2, 0.25) is 5.91 Å². The van der Waals surface area contributed by atoms with Crippen LogP contribution in [0.15, 0.2) is 12.2 Å². The zero-order valence-corrected chi connectivity index (χ0v) is 22.5. The molecule has 0 aromatic heterocycles. The Hall–Kier alpha value is -0.403. The van der Waals surface area contributed by atoms with Gasteiger partial charge in [-0.25, -0.2) is 0 Å². The van der Waals surface area contributed by atoms with Gasteiger partial charge < -0.3 is 19.0 Å². The number of allylic oxidation sites excluding steroid dienone is 2. The van der Waals surface area contributed by atoms with Gasteiger partial charge in [0.25, 0.3) is 0 Å². The topological polar surface area (TPSA) is 70.8 Å². The van der Waals surface area contributed by atoms with Gasteiger partial charge in [0, 0.05) is 33.3 Å². The van der Waals surface area contributed by atoms with E-state index in [1.165, 1.54) is 70.6 Å². The van der Waals surface area contributed by atoms with E-state index in [9.17, 15) is 4.79 Å². The van der Waals surface area contributed by atoms with Crippen molar-refractivity contribution in [1.29, 1.82) is 0 Å². The van der Waals surface area contributed by atoms with Gasteiger partial charge >= 0.3 is 8.80 Å². The molecule has 2 N–H and O–H groups in total. The van der Waals surface area contributed by atoms with Crippen molar-refractivity contribution in [2.24, 2.45) is 11.7 Å². The molecule has 0 radical (unpaired) electrons. The van der Waals surface area contributed by atoms with Gasteiger partial charge in [-0.05, 0) is 44.9 Å². The molecular weight excluding hydrogens is 430 g/mol. The molecule has 0 bridgehead atoms. The molecule has 0 spiro atoms. The Morgan fingerprint density at radius 3 is 1.71 bits per heavy atom. The Kier molecular flexibility index (Phi) is 24.1. The molecular formula is C24H50ClNO4Si. The van der Waals surface area contributed by atoms with Crippen LogP contribution in [0.3, 0.4) is 0 Å². The summed E-state index contributed by atoms with van der Waals surface area (Å²) in [5.74, 6) is -0.244. The number of halogens is 1. The van der Waals surface area contributed by atoms with Crippen molar-refractivity contribution in [1.82, 2.24) is 0 Å². The molecule has 0 rings (SSSR count). The first-order valence-electron chi connectivity index (χ1n) is 12.1. The molecule has 0 heterocycles. The lowest BCUT2D eigenvalue weighted by Crippen LogP contribution is -2.42. The fraction of sp³-hybridized carbons (Fsp3) is 0.875. The van der Waals surface area contributed by atoms with Crippen LogP contribution in [0.4, 0.5) is 0 Å². The Bertz CT molecular complexity index is 426. The maximum Gasteiger partial charge on any atom is 0.500 e. The quantitative estimate of drug-likeness (QED) is 0.105. The molecule has 186 valence electrons. The molecule has 1 amide bonds. The summed E-state index contributed by atoms with van der Waals surface area (Å²) in [6.45, 7) is 2.26. The molecule has 5 nitrogen and oxygen atoms in total. The predicted molar refractivity (Wildman–Crippen MR) is 136 cm³/mol. The number of hydrogen-bond donors (Lipinski definition) is 1. The molecule has 0 aliphatic heterocycles. The van der Waals surface area contributed by atoms with Crippen LogP contribution in [-0.2, 0) is 18.1 Å². The average molecular weight is 480 g/mol. The standard InChI is InChI=1S/C24H49NO4Si.ClH/c1-5-6-7-8-9-10-11-12-13-14-15-16-17-18-20-23(24(25)26)21-19-22-30(27-2,28-3)29-4;/h12-13,23H,5-11,14-22H2,1-4H3,(H2,25,26);1H/b13-12-;. The van der Waals surface area contributed by atoms with Crippen LogP contribution in [0, 0.1) is 5.92 Å². The molecule has 0 aromatic rings. The smallest absolute Gasteiger partial charge is 0.377 e. The Labute approximate surface area is 199 Å². The van der Waals surface area contributed by atoms with Crippen LogP contribution in [0.2, 0.25) is 6.04 Å². The van der Waals surface area contributed by atoms with Crippen LogP contribution in [-0.4, -0.2) is 36.0 Å². The van der Waals surface area contributed by atoms with Crippen molar-refractivity contribution < 1.29 is 18.1 Å². The van der Waals surface area contributed by atoms with E-state index in [2.05, 4.69) is 19.1 Å². The van der Waals surface area contributed by atoms with Gasteiger partial charge in [0.05, 0.1) is 0 Å². The highest BCUT2D eigenvalue weighted by atomic mass is 35.5. The van der Waals surface area contributed by atoms with Crippen molar-refractivity contribution >= 4 is 27.1 Å². The summed E-state index contributed by atoms with van der Waals surface area (Å²) >= 11 is 0. The van der Waals surface area contributed by atoms with Gasteiger partial charge in [-0.15, -0.1) is 12.4 Å². The van der Waals surface area contributed by atoms with Gasteiger partial charge in [-0.3, -0.25) is 4.79 Å². The second-order valence-electron chi connectivity index (χ2n) is 8.31. The second-order valence-corrected chi connectivity index (χ2v) is 11.4. The maximum absolute atomic E-state index is 11.8. The molecule has 1 atom stereocenters. The van der Waals surface area contributed by atoms with Crippen molar-refractivity contribution in [2.45, 2.75) is 109 Å². The number of primary amides is 1. The number of nitrogens with two attached hydrogens (primary N) is 1. The van der Waals surface area contributed by atoms with Crippen LogP contribution in [0.25, 0.3) is 0 Å². The molecule has 7 heteroatoms. The van der Waals surface area contributed by atoms with Crippen molar-refractivity contribution in [3.8, 4) is 0 Å². The molecule has 0 aliphatic carbocycles. The van der Waals surface area contributed by atoms with E-state index in [1.54, 1.807) is 21.3 Å². The van der Waals surface area contributed by atoms with E-state index in [-0.39, 0.29) is 24.2 Å². The number of hydrogen-bond acceptors (Lipinski definition) is 4. The summed E-state index contributed by atoms with van der Waals surface area (Å²) in [6, 6.07) is 0.714. The van der Waals surface area contributed by atoms with Gasteiger partial charge in [-0.1, -0.05) is 70.4 Å². The van der Waals surface area contributed by atoms with Gasteiger partial charge in [0.15, 0.2) is 0 Å². The van der Waals surface area contributed by atoms with Crippen LogP contribution in [0.5, 0.6) is 0 Å². The first kappa shape index (κ1) is 32.8. The molecule has 0 saturated carbocycles. The second kappa shape index (κ2) is 22.8. The van der Waals surface area contributed by atoms with Crippen molar-refractivity contribution in [3.05, 3.63) is 12.2 Å². The number of carbonyl (C=O) groups is 1. The van der Waals surface area contributed by atoms with Crippen molar-refractivity contribution in [3.63, 3.8) is 0 Å². The Morgan fingerprint density at radius 1 is 0.774 bits per heavy atom. The van der Waals surface area contributed by atoms with Gasteiger partial charge in [0.1, 0.15) is 0 Å². The molecule has 0 aliphatic rings. The van der Waals surface area contributed by atoms with Crippen LogP contribution < -0.4 is 5.73 Å². The highest BCUT2D eigenvalue weighted by Gasteiger charge is 2.37. The summed E-state index contributed by atoms with van der Waals surface area (Å²) < 4.78 is 16.3. The van der Waals surface area contributed by atoms with Crippen molar-refractivity contribution in [2.75, 3.05) is 21.3 Å². The monoisotopic (exact) mass is 479 g/mol. The predicted octanol–water partition coefficient (Wildman–Crippen LogP) is 6.82. The van der Waals surface area contributed by atoms with E-state index < -0.39 is 8.80 Å². The number of amides is 1. The zero-order valence-electron chi connectivity index (χ0n) is 20.7. The normalized spacial score (nSPS) is 12.8. The zero-order chi connectivity index (χ0) is 22.5. The lowest BCUT2D eigenvalue weighted by molar-refractivity contribution is -0.122. The number of rotatable bonds is 22. The minimum absolute atomic E-state index is 0. The fourth-order valence-electron chi connectivity index (χ4n) is 3.83. The number of carbonyl (C=O) groups excluding carboxylic acids is 1. The molecule has 1 unspecified atom stereocenters.